The third-order valence-electron chi connectivity index (χ3n) is 2.56. The first-order valence-corrected chi connectivity index (χ1v) is 7.01. The van der Waals surface area contributed by atoms with E-state index in [1.54, 1.807) is 0 Å². The van der Waals surface area contributed by atoms with E-state index in [1.807, 2.05) is 11.3 Å². The van der Waals surface area contributed by atoms with Crippen molar-refractivity contribution in [1.29, 1.82) is 0 Å². The van der Waals surface area contributed by atoms with E-state index in [-0.39, 0.29) is 0 Å². The molecule has 1 saturated carbocycles. The van der Waals surface area contributed by atoms with E-state index in [2.05, 4.69) is 45.3 Å². The number of halogens is 1. The molecule has 0 atom stereocenters. The van der Waals surface area contributed by atoms with Crippen LogP contribution in [0, 0.1) is 0 Å². The summed E-state index contributed by atoms with van der Waals surface area (Å²) in [4.78, 5) is 3.80. The van der Waals surface area contributed by atoms with Crippen molar-refractivity contribution in [2.75, 3.05) is 20.1 Å². The van der Waals surface area contributed by atoms with Crippen molar-refractivity contribution in [2.45, 2.75) is 25.4 Å². The smallest absolute Gasteiger partial charge is 0.0701 e. The number of hydrogen-bond donors (Lipinski definition) is 1. The molecule has 1 aromatic rings. The van der Waals surface area contributed by atoms with E-state index < -0.39 is 0 Å². The maximum atomic E-state index is 3.53. The van der Waals surface area contributed by atoms with E-state index in [1.165, 1.54) is 21.5 Å². The van der Waals surface area contributed by atoms with Crippen molar-refractivity contribution in [3.63, 3.8) is 0 Å². The molecule has 0 unspecified atom stereocenters. The van der Waals surface area contributed by atoms with Crippen LogP contribution < -0.4 is 5.32 Å². The minimum Gasteiger partial charge on any atom is -0.313 e. The van der Waals surface area contributed by atoms with Gasteiger partial charge >= 0.3 is 0 Å². The molecule has 15 heavy (non-hydrogen) atoms. The summed E-state index contributed by atoms with van der Waals surface area (Å²) in [7, 11) is 2.18. The second kappa shape index (κ2) is 5.43. The van der Waals surface area contributed by atoms with E-state index in [0.29, 0.717) is 0 Å². The monoisotopic (exact) mass is 288 g/mol. The van der Waals surface area contributed by atoms with Gasteiger partial charge < -0.3 is 10.2 Å². The molecule has 84 valence electrons. The Morgan fingerprint density at radius 3 is 2.93 bits per heavy atom. The number of likely N-dealkylation sites (N-methyl/N-ethyl adjacent to an activating group) is 1. The minimum absolute atomic E-state index is 0.828. The van der Waals surface area contributed by atoms with Gasteiger partial charge in [-0.3, -0.25) is 0 Å². The van der Waals surface area contributed by atoms with Gasteiger partial charge in [0.2, 0.25) is 0 Å². The SMILES string of the molecule is CN(CCNC1CC1)Cc1ccc(Br)s1. The lowest BCUT2D eigenvalue weighted by Crippen LogP contribution is -2.29. The molecule has 1 aromatic heterocycles. The number of thiophene rings is 1. The van der Waals surface area contributed by atoms with Crippen LogP contribution in [0.25, 0.3) is 0 Å². The number of nitrogens with one attached hydrogen (secondary N) is 1. The van der Waals surface area contributed by atoms with E-state index in [4.69, 9.17) is 0 Å². The third-order valence-corrected chi connectivity index (χ3v) is 4.17. The highest BCUT2D eigenvalue weighted by molar-refractivity contribution is 9.11. The highest BCUT2D eigenvalue weighted by Gasteiger charge is 2.19. The first kappa shape index (κ1) is 11.6. The first-order valence-electron chi connectivity index (χ1n) is 5.40. The molecule has 1 N–H and O–H groups in total. The number of hydrogen-bond acceptors (Lipinski definition) is 3. The van der Waals surface area contributed by atoms with Crippen molar-refractivity contribution in [3.05, 3.63) is 20.8 Å². The van der Waals surface area contributed by atoms with Gasteiger partial charge in [0, 0.05) is 30.6 Å². The zero-order chi connectivity index (χ0) is 10.7. The van der Waals surface area contributed by atoms with Crippen LogP contribution in [-0.4, -0.2) is 31.1 Å². The zero-order valence-corrected chi connectivity index (χ0v) is 11.4. The topological polar surface area (TPSA) is 15.3 Å². The summed E-state index contributed by atoms with van der Waals surface area (Å²) >= 11 is 5.31. The molecule has 0 amide bonds. The summed E-state index contributed by atoms with van der Waals surface area (Å²) in [5.74, 6) is 0. The third kappa shape index (κ3) is 4.23. The second-order valence-corrected chi connectivity index (χ2v) is 6.72. The summed E-state index contributed by atoms with van der Waals surface area (Å²) in [6, 6.07) is 5.14. The van der Waals surface area contributed by atoms with E-state index in [9.17, 15) is 0 Å². The average Bonchev–Trinajstić information content (AvgIpc) is 2.91. The summed E-state index contributed by atoms with van der Waals surface area (Å²) in [5, 5.41) is 3.53. The van der Waals surface area contributed by atoms with Crippen LogP contribution >= 0.6 is 27.3 Å². The molecule has 0 aliphatic heterocycles. The van der Waals surface area contributed by atoms with Crippen molar-refractivity contribution in [1.82, 2.24) is 10.2 Å². The van der Waals surface area contributed by atoms with Crippen LogP contribution in [-0.2, 0) is 6.54 Å². The lowest BCUT2D eigenvalue weighted by molar-refractivity contribution is 0.326. The zero-order valence-electron chi connectivity index (χ0n) is 9.00. The second-order valence-electron chi connectivity index (χ2n) is 4.17. The molecule has 2 nitrogen and oxygen atoms in total. The van der Waals surface area contributed by atoms with Gasteiger partial charge in [-0.15, -0.1) is 11.3 Å². The van der Waals surface area contributed by atoms with Gasteiger partial charge in [-0.2, -0.15) is 0 Å². The Bertz CT molecular complexity index is 309. The van der Waals surface area contributed by atoms with Crippen LogP contribution in [0.2, 0.25) is 0 Å². The molecule has 1 aliphatic rings. The standard InChI is InChI=1S/C11H17BrN2S/c1-14(7-6-13-9-2-3-9)8-10-4-5-11(12)15-10/h4-5,9,13H,2-3,6-8H2,1H3. The predicted molar refractivity (Wildman–Crippen MR) is 69.4 cm³/mol. The maximum absolute atomic E-state index is 3.53. The van der Waals surface area contributed by atoms with Crippen molar-refractivity contribution in [2.24, 2.45) is 0 Å². The molecule has 0 aromatic carbocycles. The largest absolute Gasteiger partial charge is 0.313 e. The maximum Gasteiger partial charge on any atom is 0.0701 e. The summed E-state index contributed by atoms with van der Waals surface area (Å²) in [5.41, 5.74) is 0. The Kier molecular flexibility index (Phi) is 4.20. The Morgan fingerprint density at radius 1 is 1.53 bits per heavy atom. The minimum atomic E-state index is 0.828. The van der Waals surface area contributed by atoms with Crippen molar-refractivity contribution < 1.29 is 0 Å². The Morgan fingerprint density at radius 2 is 2.33 bits per heavy atom. The highest BCUT2D eigenvalue weighted by Crippen LogP contribution is 2.23. The van der Waals surface area contributed by atoms with Gasteiger partial charge in [0.1, 0.15) is 0 Å². The van der Waals surface area contributed by atoms with Crippen LogP contribution in [0.4, 0.5) is 0 Å². The fraction of sp³-hybridized carbons (Fsp3) is 0.636. The summed E-state index contributed by atoms with van der Waals surface area (Å²) in [6.07, 6.45) is 2.75. The molecule has 1 aliphatic carbocycles. The highest BCUT2D eigenvalue weighted by atomic mass is 79.9. The van der Waals surface area contributed by atoms with Gasteiger partial charge in [-0.1, -0.05) is 0 Å². The molecule has 0 bridgehead atoms. The molecular formula is C11H17BrN2S. The average molecular weight is 289 g/mol. The number of rotatable bonds is 6. The Hall–Kier alpha value is 0.1000. The molecular weight excluding hydrogens is 272 g/mol. The van der Waals surface area contributed by atoms with E-state index in [0.717, 1.165) is 25.7 Å². The molecule has 0 spiro atoms. The molecule has 0 saturated heterocycles. The lowest BCUT2D eigenvalue weighted by atomic mass is 10.4. The number of nitrogens with zero attached hydrogens (tertiary/aromatic N) is 1. The molecule has 2 rings (SSSR count). The molecule has 0 radical (unpaired) electrons. The van der Waals surface area contributed by atoms with Crippen molar-refractivity contribution >= 4 is 27.3 Å². The van der Waals surface area contributed by atoms with Gasteiger partial charge in [0.25, 0.3) is 0 Å². The first-order chi connectivity index (χ1) is 7.24. The quantitative estimate of drug-likeness (QED) is 0.866. The van der Waals surface area contributed by atoms with Crippen LogP contribution in [0.5, 0.6) is 0 Å². The summed E-state index contributed by atoms with van der Waals surface area (Å²) < 4.78 is 1.22. The van der Waals surface area contributed by atoms with Crippen LogP contribution in [0.3, 0.4) is 0 Å². The van der Waals surface area contributed by atoms with Crippen LogP contribution in [0.1, 0.15) is 17.7 Å². The molecule has 1 fully saturated rings. The van der Waals surface area contributed by atoms with Gasteiger partial charge in [-0.05, 0) is 48.0 Å². The fourth-order valence-electron chi connectivity index (χ4n) is 1.53. The Labute approximate surface area is 104 Å². The van der Waals surface area contributed by atoms with Gasteiger partial charge in [0.05, 0.1) is 3.79 Å². The van der Waals surface area contributed by atoms with Gasteiger partial charge in [-0.25, -0.2) is 0 Å². The van der Waals surface area contributed by atoms with E-state index >= 15 is 0 Å². The summed E-state index contributed by atoms with van der Waals surface area (Å²) in [6.45, 7) is 3.31. The molecule has 4 heteroatoms. The van der Waals surface area contributed by atoms with Crippen molar-refractivity contribution in [3.8, 4) is 0 Å². The normalized spacial score (nSPS) is 16.2. The fourth-order valence-corrected chi connectivity index (χ4v) is 3.09. The predicted octanol–water partition coefficient (Wildman–Crippen LogP) is 2.69. The van der Waals surface area contributed by atoms with Crippen LogP contribution in [0.15, 0.2) is 15.9 Å². The van der Waals surface area contributed by atoms with Gasteiger partial charge in [0.15, 0.2) is 0 Å². The Balaban J connectivity index is 1.64. The lowest BCUT2D eigenvalue weighted by Gasteiger charge is -2.15. The molecule has 1 heterocycles.